The quantitative estimate of drug-likeness (QED) is 0.137. The highest BCUT2D eigenvalue weighted by Crippen LogP contribution is 2.65. The highest BCUT2D eigenvalue weighted by atomic mass is 79.9. The number of fused-ring (bicyclic) bond motifs is 4. The Kier molecular flexibility index (Phi) is 7.49. The maximum Gasteiger partial charge on any atom is 0.303 e. The van der Waals surface area contributed by atoms with Gasteiger partial charge in [-0.3, -0.25) is 33.8 Å². The molecule has 2 aliphatic carbocycles. The molecule has 0 bridgehead atoms. The molecule has 13 heteroatoms. The molecule has 210 valence electrons. The molecule has 0 aromatic carbocycles. The number of allylic oxidation sites excluding steroid dienone is 2. The Bertz CT molecular complexity index is 1280. The zero-order valence-corrected chi connectivity index (χ0v) is 23.9. The van der Waals surface area contributed by atoms with E-state index >= 15 is 0 Å². The number of hydrogen-bond donors (Lipinski definition) is 2. The van der Waals surface area contributed by atoms with Gasteiger partial charge in [0, 0.05) is 13.0 Å². The topological polar surface area (TPSA) is 145 Å². The minimum absolute atomic E-state index is 0.0187. The van der Waals surface area contributed by atoms with Gasteiger partial charge in [0.2, 0.25) is 11.8 Å². The SMILES string of the molecule is O=C(O)CCCCCN1C(=O)C2CC=C3C(CC4(Cl)C(=O)N(CBr)C(=O)C4(Cl)C3c3ccc(CO)o3)C2C1=O. The lowest BCUT2D eigenvalue weighted by Crippen LogP contribution is -2.60. The number of carboxylic acids is 1. The fraction of sp³-hybridized carbons (Fsp3) is 0.577. The summed E-state index contributed by atoms with van der Waals surface area (Å²) in [5, 5.41) is 18.4. The van der Waals surface area contributed by atoms with Gasteiger partial charge in [-0.05, 0) is 43.7 Å². The van der Waals surface area contributed by atoms with E-state index in [1.54, 1.807) is 12.1 Å². The molecule has 1 aromatic heterocycles. The highest BCUT2D eigenvalue weighted by Gasteiger charge is 2.76. The van der Waals surface area contributed by atoms with Gasteiger partial charge in [-0.1, -0.05) is 34.0 Å². The number of aliphatic carboxylic acids is 1. The van der Waals surface area contributed by atoms with E-state index in [4.69, 9.17) is 32.7 Å². The second-order valence-electron chi connectivity index (χ2n) is 10.5. The predicted molar refractivity (Wildman–Crippen MR) is 141 cm³/mol. The van der Waals surface area contributed by atoms with Crippen LogP contribution in [0, 0.1) is 17.8 Å². The highest BCUT2D eigenvalue weighted by molar-refractivity contribution is 9.09. The molecule has 0 spiro atoms. The second-order valence-corrected chi connectivity index (χ2v) is 12.2. The fourth-order valence-corrected chi connectivity index (χ4v) is 8.12. The molecule has 2 aliphatic heterocycles. The van der Waals surface area contributed by atoms with E-state index in [9.17, 15) is 29.1 Å². The second kappa shape index (κ2) is 10.3. The van der Waals surface area contributed by atoms with Crippen LogP contribution in [0.2, 0.25) is 0 Å². The van der Waals surface area contributed by atoms with E-state index in [0.717, 1.165) is 4.90 Å². The van der Waals surface area contributed by atoms with Crippen molar-refractivity contribution in [2.24, 2.45) is 17.8 Å². The van der Waals surface area contributed by atoms with Gasteiger partial charge in [0.05, 0.1) is 23.2 Å². The zero-order valence-electron chi connectivity index (χ0n) is 20.8. The Morgan fingerprint density at radius 1 is 1.05 bits per heavy atom. The Morgan fingerprint density at radius 3 is 2.44 bits per heavy atom. The van der Waals surface area contributed by atoms with Crippen molar-refractivity contribution < 1.29 is 38.6 Å². The number of likely N-dealkylation sites (tertiary alicyclic amines) is 2. The van der Waals surface area contributed by atoms with Crippen LogP contribution in [0.15, 0.2) is 28.2 Å². The van der Waals surface area contributed by atoms with Crippen LogP contribution in [0.1, 0.15) is 56.0 Å². The van der Waals surface area contributed by atoms with Crippen LogP contribution in [0.25, 0.3) is 0 Å². The minimum atomic E-state index is -1.95. The summed E-state index contributed by atoms with van der Waals surface area (Å²) in [4.78, 5) is 63.3. The van der Waals surface area contributed by atoms with Crippen LogP contribution in [0.3, 0.4) is 0 Å². The summed E-state index contributed by atoms with van der Waals surface area (Å²) in [6.45, 7) is -0.218. The average Bonchev–Trinajstić information content (AvgIpc) is 3.51. The van der Waals surface area contributed by atoms with Gasteiger partial charge in [-0.15, -0.1) is 23.2 Å². The summed E-state index contributed by atoms with van der Waals surface area (Å²) < 4.78 is 5.83. The number of carbonyl (C=O) groups is 5. The maximum absolute atomic E-state index is 13.7. The predicted octanol–water partition coefficient (Wildman–Crippen LogP) is 3.13. The molecule has 2 saturated heterocycles. The van der Waals surface area contributed by atoms with E-state index in [0.29, 0.717) is 24.8 Å². The van der Waals surface area contributed by atoms with Gasteiger partial charge in [0.15, 0.2) is 9.75 Å². The first-order chi connectivity index (χ1) is 18.5. The number of amides is 4. The summed E-state index contributed by atoms with van der Waals surface area (Å²) in [7, 11) is 0. The van der Waals surface area contributed by atoms with Crippen molar-refractivity contribution in [1.29, 1.82) is 0 Å². The molecule has 6 unspecified atom stereocenters. The van der Waals surface area contributed by atoms with Crippen LogP contribution in [0.5, 0.6) is 0 Å². The summed E-state index contributed by atoms with van der Waals surface area (Å²) in [6, 6.07) is 3.12. The van der Waals surface area contributed by atoms with Gasteiger partial charge in [-0.25, -0.2) is 0 Å². The number of hydrogen-bond acceptors (Lipinski definition) is 7. The minimum Gasteiger partial charge on any atom is -0.481 e. The largest absolute Gasteiger partial charge is 0.481 e. The van der Waals surface area contributed by atoms with E-state index in [1.165, 1.54) is 4.90 Å². The third-order valence-electron chi connectivity index (χ3n) is 8.50. The Labute approximate surface area is 242 Å². The number of alkyl halides is 3. The number of nitrogens with zero attached hydrogens (tertiary/aromatic N) is 2. The van der Waals surface area contributed by atoms with Crippen molar-refractivity contribution in [3.05, 3.63) is 35.3 Å². The first kappa shape index (κ1) is 28.3. The molecule has 3 heterocycles. The average molecular weight is 646 g/mol. The van der Waals surface area contributed by atoms with E-state index < -0.39 is 57.8 Å². The first-order valence-electron chi connectivity index (χ1n) is 12.8. The molecule has 1 aromatic rings. The molecule has 5 rings (SSSR count). The molecule has 39 heavy (non-hydrogen) atoms. The third kappa shape index (κ3) is 4.10. The molecule has 4 aliphatic rings. The monoisotopic (exact) mass is 644 g/mol. The van der Waals surface area contributed by atoms with E-state index in [2.05, 4.69) is 15.9 Å². The van der Waals surface area contributed by atoms with Crippen LogP contribution in [-0.2, 0) is 30.6 Å². The third-order valence-corrected chi connectivity index (χ3v) is 10.4. The molecule has 6 atom stereocenters. The number of rotatable bonds is 9. The summed E-state index contributed by atoms with van der Waals surface area (Å²) in [6.07, 6.45) is 3.44. The van der Waals surface area contributed by atoms with Crippen LogP contribution < -0.4 is 0 Å². The van der Waals surface area contributed by atoms with Gasteiger partial charge >= 0.3 is 5.97 Å². The van der Waals surface area contributed by atoms with E-state index in [-0.39, 0.29) is 54.6 Å². The molecule has 0 radical (unpaired) electrons. The maximum atomic E-state index is 13.7. The van der Waals surface area contributed by atoms with Crippen molar-refractivity contribution in [2.45, 2.75) is 60.8 Å². The Morgan fingerprint density at radius 2 is 1.79 bits per heavy atom. The number of imide groups is 2. The van der Waals surface area contributed by atoms with Crippen LogP contribution >= 0.6 is 39.1 Å². The standard InChI is InChI=1S/C26H27BrCl2N2O8/c27-12-31-23(37)25(28)10-16-14(20(26(25,29)24(31)38)17-8-5-13(11-32)39-17)6-7-15-19(16)22(36)30(21(15)35)9-3-1-2-4-18(33)34/h5-6,8,15-16,19-20,32H,1-4,7,9-12H2,(H,33,34). The molecule has 4 amide bonds. The number of carboxylic acid groups (broad SMARTS) is 1. The van der Waals surface area contributed by atoms with Gasteiger partial charge in [0.1, 0.15) is 18.1 Å². The number of aliphatic hydroxyl groups excluding tert-OH is 1. The van der Waals surface area contributed by atoms with E-state index in [1.807, 2.05) is 6.08 Å². The molecule has 1 saturated carbocycles. The van der Waals surface area contributed by atoms with Crippen molar-refractivity contribution in [1.82, 2.24) is 9.80 Å². The molecular formula is C26H27BrCl2N2O8. The molecular weight excluding hydrogens is 619 g/mol. The van der Waals surface area contributed by atoms with Gasteiger partial charge in [-0.2, -0.15) is 0 Å². The van der Waals surface area contributed by atoms with Crippen LogP contribution in [-0.4, -0.2) is 71.4 Å². The normalized spacial score (nSPS) is 33.8. The number of furan rings is 1. The summed E-state index contributed by atoms with van der Waals surface area (Å²) in [5.41, 5.74) is 0.492. The van der Waals surface area contributed by atoms with Crippen molar-refractivity contribution in [3.63, 3.8) is 0 Å². The fourth-order valence-electron chi connectivity index (χ4n) is 6.71. The van der Waals surface area contributed by atoms with Crippen molar-refractivity contribution in [2.75, 3.05) is 12.0 Å². The lowest BCUT2D eigenvalue weighted by molar-refractivity contribution is -0.141. The number of aliphatic hydroxyl groups is 1. The van der Waals surface area contributed by atoms with Crippen molar-refractivity contribution >= 4 is 68.7 Å². The molecule has 10 nitrogen and oxygen atoms in total. The lowest BCUT2D eigenvalue weighted by Gasteiger charge is -2.49. The van der Waals surface area contributed by atoms with Crippen LogP contribution in [0.4, 0.5) is 0 Å². The Balaban J connectivity index is 1.51. The summed E-state index contributed by atoms with van der Waals surface area (Å²) >= 11 is 17.4. The molecule has 3 fully saturated rings. The van der Waals surface area contributed by atoms with Gasteiger partial charge in [0.25, 0.3) is 11.8 Å². The Hall–Kier alpha value is -2.21. The lowest BCUT2D eigenvalue weighted by atomic mass is 9.57. The summed E-state index contributed by atoms with van der Waals surface area (Å²) in [5.74, 6) is -5.57. The number of unbranched alkanes of at least 4 members (excludes halogenated alkanes) is 2. The van der Waals surface area contributed by atoms with Crippen molar-refractivity contribution in [3.8, 4) is 0 Å². The zero-order chi connectivity index (χ0) is 28.3. The number of halogens is 3. The first-order valence-corrected chi connectivity index (χ1v) is 14.7. The number of carbonyl (C=O) groups excluding carboxylic acids is 4. The molecule has 2 N–H and O–H groups in total. The van der Waals surface area contributed by atoms with Gasteiger partial charge < -0.3 is 14.6 Å². The smallest absolute Gasteiger partial charge is 0.303 e.